The minimum atomic E-state index is -0.477. The molecule has 2 aromatic rings. The van der Waals surface area contributed by atoms with Gasteiger partial charge in [-0.25, -0.2) is 9.78 Å². The molecule has 0 aliphatic heterocycles. The lowest BCUT2D eigenvalue weighted by Gasteiger charge is -2.26. The van der Waals surface area contributed by atoms with Crippen LogP contribution in [-0.2, 0) is 7.05 Å². The van der Waals surface area contributed by atoms with Crippen molar-refractivity contribution in [2.75, 3.05) is 11.9 Å². The molecule has 0 radical (unpaired) electrons. The third-order valence-electron chi connectivity index (χ3n) is 4.64. The van der Waals surface area contributed by atoms with Crippen LogP contribution in [0.4, 0.5) is 10.5 Å². The number of carbonyl (C=O) groups is 1. The second kappa shape index (κ2) is 8.11. The molecule has 1 saturated carbocycles. The van der Waals surface area contributed by atoms with E-state index in [1.54, 1.807) is 11.0 Å². The zero-order valence-electron chi connectivity index (χ0n) is 14.5. The topological polar surface area (TPSA) is 92.1 Å². The van der Waals surface area contributed by atoms with E-state index >= 15 is 0 Å². The highest BCUT2D eigenvalue weighted by molar-refractivity contribution is 5.89. The number of amides is 2. The van der Waals surface area contributed by atoms with Crippen molar-refractivity contribution in [3.8, 4) is 11.4 Å². The summed E-state index contributed by atoms with van der Waals surface area (Å²) < 4.78 is 1.63. The molecule has 7 nitrogen and oxygen atoms in total. The summed E-state index contributed by atoms with van der Waals surface area (Å²) in [6.45, 7) is 0.276. The predicted molar refractivity (Wildman–Crippen MR) is 96.0 cm³/mol. The Balaban J connectivity index is 1.52. The van der Waals surface area contributed by atoms with Crippen LogP contribution in [0.5, 0.6) is 0 Å². The van der Waals surface area contributed by atoms with Crippen LogP contribution in [-0.4, -0.2) is 38.6 Å². The van der Waals surface area contributed by atoms with E-state index in [9.17, 15) is 9.90 Å². The first-order valence-corrected chi connectivity index (χ1v) is 8.81. The summed E-state index contributed by atoms with van der Waals surface area (Å²) in [4.78, 5) is 16.3. The molecule has 1 aromatic carbocycles. The quantitative estimate of drug-likeness (QED) is 0.778. The number of carbonyl (C=O) groups excluding carboxylic acids is 1. The largest absolute Gasteiger partial charge is 0.391 e. The minimum Gasteiger partial charge on any atom is -0.391 e. The maximum absolute atomic E-state index is 12.1. The molecule has 3 N–H and O–H groups in total. The van der Waals surface area contributed by atoms with Gasteiger partial charge in [0.1, 0.15) is 6.33 Å². The Morgan fingerprint density at radius 3 is 2.88 bits per heavy atom. The lowest BCUT2D eigenvalue weighted by Crippen LogP contribution is -2.39. The Kier molecular flexibility index (Phi) is 5.65. The van der Waals surface area contributed by atoms with Gasteiger partial charge < -0.3 is 15.7 Å². The van der Waals surface area contributed by atoms with E-state index < -0.39 is 6.10 Å². The molecule has 0 unspecified atom stereocenters. The number of urea groups is 1. The summed E-state index contributed by atoms with van der Waals surface area (Å²) >= 11 is 0. The van der Waals surface area contributed by atoms with Crippen LogP contribution < -0.4 is 10.6 Å². The Labute approximate surface area is 147 Å². The van der Waals surface area contributed by atoms with Gasteiger partial charge in [0.05, 0.1) is 6.10 Å². The number of aryl methyl sites for hydroxylation is 1. The first-order chi connectivity index (χ1) is 12.1. The van der Waals surface area contributed by atoms with Crippen LogP contribution in [0.3, 0.4) is 0 Å². The smallest absolute Gasteiger partial charge is 0.319 e. The Bertz CT molecular complexity index is 709. The van der Waals surface area contributed by atoms with Gasteiger partial charge in [-0.2, -0.15) is 5.10 Å². The van der Waals surface area contributed by atoms with Gasteiger partial charge in [0.2, 0.25) is 0 Å². The first-order valence-electron chi connectivity index (χ1n) is 8.81. The van der Waals surface area contributed by atoms with Crippen molar-refractivity contribution in [3.63, 3.8) is 0 Å². The van der Waals surface area contributed by atoms with Crippen LogP contribution >= 0.6 is 0 Å². The molecule has 1 atom stereocenters. The number of aromatic nitrogens is 3. The number of hydrogen-bond acceptors (Lipinski definition) is 4. The van der Waals surface area contributed by atoms with Crippen molar-refractivity contribution >= 4 is 11.7 Å². The van der Waals surface area contributed by atoms with Crippen molar-refractivity contribution in [1.29, 1.82) is 0 Å². The number of nitrogens with zero attached hydrogens (tertiary/aromatic N) is 3. The van der Waals surface area contributed by atoms with Gasteiger partial charge in [0.15, 0.2) is 5.82 Å². The highest BCUT2D eigenvalue weighted by atomic mass is 16.3. The number of hydrogen-bond donors (Lipinski definition) is 3. The summed E-state index contributed by atoms with van der Waals surface area (Å²) in [6, 6.07) is 7.06. The average molecular weight is 343 g/mol. The van der Waals surface area contributed by atoms with Crippen LogP contribution in [0.2, 0.25) is 0 Å². The molecule has 25 heavy (non-hydrogen) atoms. The Morgan fingerprint density at radius 1 is 1.36 bits per heavy atom. The van der Waals surface area contributed by atoms with Crippen molar-refractivity contribution < 1.29 is 9.90 Å². The molecule has 7 heteroatoms. The monoisotopic (exact) mass is 343 g/mol. The molecular weight excluding hydrogens is 318 g/mol. The van der Waals surface area contributed by atoms with Crippen LogP contribution in [0.25, 0.3) is 11.4 Å². The van der Waals surface area contributed by atoms with Crippen LogP contribution in [0.1, 0.15) is 32.1 Å². The Morgan fingerprint density at radius 2 is 2.16 bits per heavy atom. The summed E-state index contributed by atoms with van der Waals surface area (Å²) in [7, 11) is 1.81. The molecule has 1 aliphatic rings. The van der Waals surface area contributed by atoms with Gasteiger partial charge in [-0.15, -0.1) is 0 Å². The third kappa shape index (κ3) is 4.79. The number of aliphatic hydroxyl groups excluding tert-OH is 1. The number of benzene rings is 1. The van der Waals surface area contributed by atoms with Crippen molar-refractivity contribution in [3.05, 3.63) is 30.6 Å². The lowest BCUT2D eigenvalue weighted by atomic mass is 9.85. The van der Waals surface area contributed by atoms with Gasteiger partial charge in [0.25, 0.3) is 0 Å². The molecular formula is C18H25N5O2. The lowest BCUT2D eigenvalue weighted by molar-refractivity contribution is 0.0863. The summed E-state index contributed by atoms with van der Waals surface area (Å²) in [5.74, 6) is 0.909. The first kappa shape index (κ1) is 17.4. The second-order valence-corrected chi connectivity index (χ2v) is 6.62. The van der Waals surface area contributed by atoms with E-state index in [0.29, 0.717) is 17.4 Å². The summed E-state index contributed by atoms with van der Waals surface area (Å²) in [6.07, 6.45) is 6.83. The predicted octanol–water partition coefficient (Wildman–Crippen LogP) is 2.54. The summed E-state index contributed by atoms with van der Waals surface area (Å²) in [5.41, 5.74) is 1.50. The normalized spacial score (nSPS) is 16.4. The SMILES string of the molecule is Cn1cnc(-c2cccc(NC(=O)NC[C@@H](O)C3CCCCC3)c2)n1. The zero-order valence-corrected chi connectivity index (χ0v) is 14.5. The van der Waals surface area contributed by atoms with Gasteiger partial charge in [0, 0.05) is 24.8 Å². The number of rotatable bonds is 5. The van der Waals surface area contributed by atoms with E-state index in [1.165, 1.54) is 19.3 Å². The van der Waals surface area contributed by atoms with Gasteiger partial charge in [-0.05, 0) is 30.9 Å². The van der Waals surface area contributed by atoms with Gasteiger partial charge in [-0.1, -0.05) is 31.4 Å². The van der Waals surface area contributed by atoms with E-state index in [-0.39, 0.29) is 12.6 Å². The molecule has 3 rings (SSSR count). The fourth-order valence-corrected chi connectivity index (χ4v) is 3.27. The zero-order chi connectivity index (χ0) is 17.6. The van der Waals surface area contributed by atoms with Gasteiger partial charge in [-0.3, -0.25) is 4.68 Å². The number of anilines is 1. The minimum absolute atomic E-state index is 0.276. The van der Waals surface area contributed by atoms with Crippen molar-refractivity contribution in [2.45, 2.75) is 38.2 Å². The van der Waals surface area contributed by atoms with Crippen LogP contribution in [0.15, 0.2) is 30.6 Å². The number of nitrogens with one attached hydrogen (secondary N) is 2. The molecule has 0 saturated heterocycles. The van der Waals surface area contributed by atoms with E-state index in [4.69, 9.17) is 0 Å². The maximum atomic E-state index is 12.1. The molecule has 2 amide bonds. The Hall–Kier alpha value is -2.41. The van der Waals surface area contributed by atoms with E-state index in [0.717, 1.165) is 18.4 Å². The molecule has 0 bridgehead atoms. The molecule has 0 spiro atoms. The molecule has 1 aliphatic carbocycles. The number of aliphatic hydroxyl groups is 1. The summed E-state index contributed by atoms with van der Waals surface area (Å²) in [5, 5.41) is 20.0. The van der Waals surface area contributed by atoms with Gasteiger partial charge >= 0.3 is 6.03 Å². The van der Waals surface area contributed by atoms with Crippen molar-refractivity contribution in [1.82, 2.24) is 20.1 Å². The highest BCUT2D eigenvalue weighted by Crippen LogP contribution is 2.26. The average Bonchev–Trinajstić information content (AvgIpc) is 3.07. The maximum Gasteiger partial charge on any atom is 0.319 e. The fourth-order valence-electron chi connectivity index (χ4n) is 3.27. The molecule has 1 aromatic heterocycles. The second-order valence-electron chi connectivity index (χ2n) is 6.62. The van der Waals surface area contributed by atoms with E-state index in [2.05, 4.69) is 20.7 Å². The fraction of sp³-hybridized carbons (Fsp3) is 0.500. The standard InChI is InChI=1S/C18H25N5O2/c1-23-12-20-17(22-23)14-8-5-9-15(10-14)21-18(25)19-11-16(24)13-6-3-2-4-7-13/h5,8-10,12-13,16,24H,2-4,6-7,11H2,1H3,(H2,19,21,25)/t16-/m1/s1. The van der Waals surface area contributed by atoms with E-state index in [1.807, 2.05) is 31.3 Å². The third-order valence-corrected chi connectivity index (χ3v) is 4.64. The molecule has 134 valence electrons. The molecule has 1 heterocycles. The highest BCUT2D eigenvalue weighted by Gasteiger charge is 2.21. The molecule has 1 fully saturated rings. The van der Waals surface area contributed by atoms with Crippen molar-refractivity contribution in [2.24, 2.45) is 13.0 Å². The van der Waals surface area contributed by atoms with Crippen LogP contribution in [0, 0.1) is 5.92 Å².